The second-order valence-corrected chi connectivity index (χ2v) is 8.13. The Morgan fingerprint density at radius 1 is 1.03 bits per heavy atom. The topological polar surface area (TPSA) is 85.0 Å². The Morgan fingerprint density at radius 2 is 1.74 bits per heavy atom. The summed E-state index contributed by atoms with van der Waals surface area (Å²) in [6.45, 7) is 10.3. The Labute approximate surface area is 181 Å². The number of carbonyl (C=O) groups is 1. The van der Waals surface area contributed by atoms with Gasteiger partial charge in [0.25, 0.3) is 0 Å². The third-order valence-electron chi connectivity index (χ3n) is 5.55. The SMILES string of the molecule is Cc1cc(C)c(Cc2ccc(C(=O)NNc3cc(C)c4c(C)nn(C)c4n3)o2)c(C)c1. The van der Waals surface area contributed by atoms with Gasteiger partial charge in [-0.05, 0) is 75.1 Å². The number of hydrogen-bond acceptors (Lipinski definition) is 5. The summed E-state index contributed by atoms with van der Waals surface area (Å²) in [4.78, 5) is 17.1. The number of amides is 1. The summed E-state index contributed by atoms with van der Waals surface area (Å²) in [5.41, 5.74) is 13.2. The van der Waals surface area contributed by atoms with Crippen LogP contribution >= 0.6 is 0 Å². The molecular formula is C24H27N5O2. The van der Waals surface area contributed by atoms with Crippen molar-refractivity contribution in [3.05, 3.63) is 75.4 Å². The number of fused-ring (bicyclic) bond motifs is 1. The van der Waals surface area contributed by atoms with Crippen LogP contribution in [0.1, 0.15) is 49.8 Å². The van der Waals surface area contributed by atoms with Gasteiger partial charge in [-0.1, -0.05) is 17.7 Å². The minimum Gasteiger partial charge on any atom is -0.456 e. The normalized spacial score (nSPS) is 11.2. The molecule has 1 amide bonds. The van der Waals surface area contributed by atoms with Crippen LogP contribution in [0.3, 0.4) is 0 Å². The van der Waals surface area contributed by atoms with Crippen molar-refractivity contribution in [2.75, 3.05) is 5.43 Å². The van der Waals surface area contributed by atoms with Gasteiger partial charge < -0.3 is 4.42 Å². The molecule has 0 unspecified atom stereocenters. The molecule has 0 saturated heterocycles. The van der Waals surface area contributed by atoms with Gasteiger partial charge in [0.2, 0.25) is 0 Å². The molecule has 0 bridgehead atoms. The van der Waals surface area contributed by atoms with Crippen molar-refractivity contribution in [2.24, 2.45) is 7.05 Å². The summed E-state index contributed by atoms with van der Waals surface area (Å²) in [5.74, 6) is 1.18. The van der Waals surface area contributed by atoms with E-state index >= 15 is 0 Å². The first-order valence-corrected chi connectivity index (χ1v) is 10.3. The molecule has 160 valence electrons. The van der Waals surface area contributed by atoms with Crippen molar-refractivity contribution >= 4 is 22.8 Å². The summed E-state index contributed by atoms with van der Waals surface area (Å²) in [6, 6.07) is 9.75. The van der Waals surface area contributed by atoms with E-state index in [0.29, 0.717) is 12.2 Å². The molecule has 4 aromatic rings. The van der Waals surface area contributed by atoms with E-state index in [0.717, 1.165) is 28.1 Å². The largest absolute Gasteiger partial charge is 0.456 e. The predicted molar refractivity (Wildman–Crippen MR) is 121 cm³/mol. The summed E-state index contributed by atoms with van der Waals surface area (Å²) < 4.78 is 7.54. The first-order chi connectivity index (χ1) is 14.7. The van der Waals surface area contributed by atoms with Gasteiger partial charge in [-0.25, -0.2) is 4.98 Å². The molecule has 0 aliphatic heterocycles. The zero-order valence-electron chi connectivity index (χ0n) is 18.8. The molecule has 2 N–H and O–H groups in total. The van der Waals surface area contributed by atoms with Crippen LogP contribution in [0.4, 0.5) is 5.82 Å². The predicted octanol–water partition coefficient (Wildman–Crippen LogP) is 4.45. The van der Waals surface area contributed by atoms with Gasteiger partial charge in [0.05, 0.1) is 5.69 Å². The lowest BCUT2D eigenvalue weighted by molar-refractivity contribution is 0.0933. The Bertz CT molecular complexity index is 1280. The molecule has 0 spiro atoms. The lowest BCUT2D eigenvalue weighted by Gasteiger charge is -2.10. The summed E-state index contributed by atoms with van der Waals surface area (Å²) in [6.07, 6.45) is 0.649. The summed E-state index contributed by atoms with van der Waals surface area (Å²) in [5, 5.41) is 5.44. The average Bonchev–Trinajstić information content (AvgIpc) is 3.27. The standard InChI is InChI=1S/C24H27N5O2/c1-13-9-14(2)19(15(3)10-13)12-18-7-8-20(31-18)24(30)27-26-21-11-16(4)22-17(5)28-29(6)23(22)25-21/h7-11H,12H2,1-6H3,(H,25,26)(H,27,30). The number of hydrogen-bond donors (Lipinski definition) is 2. The maximum atomic E-state index is 12.6. The molecule has 0 fully saturated rings. The zero-order chi connectivity index (χ0) is 22.3. The Hall–Kier alpha value is -3.61. The molecule has 0 aliphatic carbocycles. The minimum atomic E-state index is -0.357. The number of anilines is 1. The lowest BCUT2D eigenvalue weighted by Crippen LogP contribution is -2.29. The second kappa shape index (κ2) is 7.91. The van der Waals surface area contributed by atoms with Crippen LogP contribution in [0.2, 0.25) is 0 Å². The van der Waals surface area contributed by atoms with E-state index in [9.17, 15) is 4.79 Å². The van der Waals surface area contributed by atoms with Crippen LogP contribution < -0.4 is 10.9 Å². The van der Waals surface area contributed by atoms with E-state index in [2.05, 4.69) is 53.8 Å². The Kier molecular flexibility index (Phi) is 5.27. The highest BCUT2D eigenvalue weighted by Crippen LogP contribution is 2.23. The fraction of sp³-hybridized carbons (Fsp3) is 0.292. The molecule has 31 heavy (non-hydrogen) atoms. The number of pyridine rings is 1. The molecule has 7 nitrogen and oxygen atoms in total. The van der Waals surface area contributed by atoms with E-state index in [1.807, 2.05) is 33.0 Å². The van der Waals surface area contributed by atoms with Crippen LogP contribution in [0.5, 0.6) is 0 Å². The molecule has 1 aromatic carbocycles. The highest BCUT2D eigenvalue weighted by molar-refractivity contribution is 5.92. The highest BCUT2D eigenvalue weighted by Gasteiger charge is 2.15. The smallest absolute Gasteiger partial charge is 0.305 e. The molecule has 3 aromatic heterocycles. The molecule has 0 saturated carbocycles. The highest BCUT2D eigenvalue weighted by atomic mass is 16.4. The van der Waals surface area contributed by atoms with Gasteiger partial charge in [0, 0.05) is 18.9 Å². The molecule has 3 heterocycles. The van der Waals surface area contributed by atoms with Gasteiger partial charge in [0.15, 0.2) is 11.4 Å². The number of nitrogens with one attached hydrogen (secondary N) is 2. The van der Waals surface area contributed by atoms with Crippen molar-refractivity contribution in [1.29, 1.82) is 0 Å². The van der Waals surface area contributed by atoms with Crippen molar-refractivity contribution in [1.82, 2.24) is 20.2 Å². The number of nitrogens with zero attached hydrogens (tertiary/aromatic N) is 3. The number of furan rings is 1. The Balaban J connectivity index is 1.46. The number of hydrazine groups is 1. The fourth-order valence-corrected chi connectivity index (χ4v) is 4.16. The van der Waals surface area contributed by atoms with E-state index in [-0.39, 0.29) is 11.7 Å². The monoisotopic (exact) mass is 417 g/mol. The van der Waals surface area contributed by atoms with E-state index in [4.69, 9.17) is 4.42 Å². The van der Waals surface area contributed by atoms with Gasteiger partial charge in [0.1, 0.15) is 11.6 Å². The zero-order valence-corrected chi connectivity index (χ0v) is 18.8. The summed E-state index contributed by atoms with van der Waals surface area (Å²) >= 11 is 0. The lowest BCUT2D eigenvalue weighted by atomic mass is 9.97. The molecule has 4 rings (SSSR count). The number of benzene rings is 1. The van der Waals surface area contributed by atoms with Gasteiger partial charge in [-0.2, -0.15) is 5.10 Å². The van der Waals surface area contributed by atoms with Gasteiger partial charge >= 0.3 is 5.91 Å². The molecule has 0 radical (unpaired) electrons. The van der Waals surface area contributed by atoms with Crippen LogP contribution in [0.15, 0.2) is 34.7 Å². The molecular weight excluding hydrogens is 390 g/mol. The van der Waals surface area contributed by atoms with Crippen LogP contribution in [-0.4, -0.2) is 20.7 Å². The summed E-state index contributed by atoms with van der Waals surface area (Å²) in [7, 11) is 1.85. The Morgan fingerprint density at radius 3 is 2.45 bits per heavy atom. The quantitative estimate of drug-likeness (QED) is 0.469. The first-order valence-electron chi connectivity index (χ1n) is 10.3. The first kappa shape index (κ1) is 20.7. The average molecular weight is 418 g/mol. The van der Waals surface area contributed by atoms with Crippen molar-refractivity contribution in [3.8, 4) is 0 Å². The fourth-order valence-electron chi connectivity index (χ4n) is 4.16. The molecule has 7 heteroatoms. The minimum absolute atomic E-state index is 0.249. The van der Waals surface area contributed by atoms with Gasteiger partial charge in [-0.15, -0.1) is 0 Å². The van der Waals surface area contributed by atoms with Crippen LogP contribution in [0, 0.1) is 34.6 Å². The van der Waals surface area contributed by atoms with E-state index < -0.39 is 0 Å². The third-order valence-corrected chi connectivity index (χ3v) is 5.55. The molecule has 0 atom stereocenters. The van der Waals surface area contributed by atoms with E-state index in [1.54, 1.807) is 10.7 Å². The van der Waals surface area contributed by atoms with Gasteiger partial charge in [-0.3, -0.25) is 20.3 Å². The number of carbonyl (C=O) groups excluding carboxylic acids is 1. The number of rotatable bonds is 5. The second-order valence-electron chi connectivity index (χ2n) is 8.13. The van der Waals surface area contributed by atoms with Crippen molar-refractivity contribution < 1.29 is 9.21 Å². The maximum Gasteiger partial charge on any atom is 0.305 e. The van der Waals surface area contributed by atoms with Crippen molar-refractivity contribution in [3.63, 3.8) is 0 Å². The maximum absolute atomic E-state index is 12.6. The van der Waals surface area contributed by atoms with Crippen molar-refractivity contribution in [2.45, 2.75) is 41.0 Å². The van der Waals surface area contributed by atoms with E-state index in [1.165, 1.54) is 22.3 Å². The number of aromatic nitrogens is 3. The number of aryl methyl sites for hydroxylation is 6. The van der Waals surface area contributed by atoms with Crippen LogP contribution in [0.25, 0.3) is 11.0 Å². The third kappa shape index (κ3) is 4.03. The molecule has 0 aliphatic rings. The van der Waals surface area contributed by atoms with Crippen LogP contribution in [-0.2, 0) is 13.5 Å².